The van der Waals surface area contributed by atoms with Crippen LogP contribution in [0.25, 0.3) is 0 Å². The Kier molecular flexibility index (Phi) is 0.928. The van der Waals surface area contributed by atoms with Crippen molar-refractivity contribution in [2.45, 2.75) is 13.2 Å². The van der Waals surface area contributed by atoms with Crippen molar-refractivity contribution >= 4 is 5.97 Å². The second-order valence-corrected chi connectivity index (χ2v) is 1.21. The molecule has 0 saturated carbocycles. The highest BCUT2D eigenvalue weighted by atomic mass is 19.4. The van der Waals surface area contributed by atoms with Gasteiger partial charge in [-0.15, -0.1) is 13.2 Å². The summed E-state index contributed by atoms with van der Waals surface area (Å²) < 4.78 is 70.4. The first-order valence-electron chi connectivity index (χ1n) is 4.43. The molecular formula is C5H5F3O2. The Morgan fingerprint density at radius 3 is 2.70 bits per heavy atom. The molecule has 0 aliphatic carbocycles. The van der Waals surface area contributed by atoms with Crippen LogP contribution in [0, 0.1) is 0 Å². The van der Waals surface area contributed by atoms with Gasteiger partial charge in [-0.3, -0.25) is 0 Å². The predicted molar refractivity (Wildman–Crippen MR) is 27.0 cm³/mol. The van der Waals surface area contributed by atoms with Gasteiger partial charge in [-0.05, 0) is 6.85 Å². The number of hydrogen-bond acceptors (Lipinski definition) is 2. The van der Waals surface area contributed by atoms with Crippen LogP contribution in [0.5, 0.6) is 0 Å². The summed E-state index contributed by atoms with van der Waals surface area (Å²) in [7, 11) is 0. The van der Waals surface area contributed by atoms with Gasteiger partial charge in [-0.2, -0.15) is 0 Å². The number of carbonyl (C=O) groups excluding carboxylic acids is 1. The molecule has 58 valence electrons. The molecule has 0 aromatic carbocycles. The van der Waals surface area contributed by atoms with Gasteiger partial charge in [0.2, 0.25) is 0 Å². The number of carbonyl (C=O) groups is 1. The number of alkyl halides is 3. The van der Waals surface area contributed by atoms with E-state index in [1.54, 1.807) is 0 Å². The van der Waals surface area contributed by atoms with E-state index in [-0.39, 0.29) is 0 Å². The van der Waals surface area contributed by atoms with Gasteiger partial charge in [0, 0.05) is 9.69 Å². The van der Waals surface area contributed by atoms with Crippen LogP contribution in [0.1, 0.15) is 13.7 Å². The third-order valence-corrected chi connectivity index (χ3v) is 0.413. The molecule has 0 unspecified atom stereocenters. The van der Waals surface area contributed by atoms with Crippen LogP contribution in [-0.2, 0) is 9.53 Å². The Morgan fingerprint density at radius 2 is 2.40 bits per heavy atom. The summed E-state index contributed by atoms with van der Waals surface area (Å²) in [5, 5.41) is 0. The second-order valence-electron chi connectivity index (χ2n) is 1.21. The van der Waals surface area contributed by atoms with E-state index in [0.29, 0.717) is 0 Å². The molecule has 0 N–H and O–H groups in total. The highest BCUT2D eigenvalue weighted by Crippen LogP contribution is 2.17. The molecule has 0 bridgehead atoms. The fourth-order valence-electron chi connectivity index (χ4n) is 0.156. The molecule has 0 aliphatic heterocycles. The van der Waals surface area contributed by atoms with Gasteiger partial charge in [-0.1, -0.05) is 6.53 Å². The Labute approximate surface area is 62.3 Å². The molecule has 0 spiro atoms. The minimum atomic E-state index is -5.34. The maximum Gasteiger partial charge on any atom is 0.575 e. The van der Waals surface area contributed by atoms with Crippen molar-refractivity contribution in [2.24, 2.45) is 0 Å². The average Bonchev–Trinajstić information content (AvgIpc) is 1.74. The molecule has 2 nitrogen and oxygen atoms in total. The molecule has 0 rings (SSSR count). The van der Waals surface area contributed by atoms with Crippen molar-refractivity contribution in [1.82, 2.24) is 0 Å². The number of hydrogen-bond donors (Lipinski definition) is 0. The topological polar surface area (TPSA) is 26.3 Å². The van der Waals surface area contributed by atoms with Gasteiger partial charge >= 0.3 is 12.3 Å². The van der Waals surface area contributed by atoms with E-state index in [0.717, 1.165) is 0 Å². The Hall–Kier alpha value is -1.00. The van der Waals surface area contributed by atoms with E-state index in [4.69, 9.17) is 6.85 Å². The summed E-state index contributed by atoms with van der Waals surface area (Å²) in [6.45, 7) is -4.83. The van der Waals surface area contributed by atoms with Crippen LogP contribution in [-0.4, -0.2) is 12.3 Å². The minimum absolute atomic E-state index is 1.54. The first-order valence-corrected chi connectivity index (χ1v) is 1.93. The highest BCUT2D eigenvalue weighted by molar-refractivity contribution is 5.87. The lowest BCUT2D eigenvalue weighted by Crippen LogP contribution is -2.19. The number of halogens is 3. The summed E-state index contributed by atoms with van der Waals surface area (Å²) in [6.07, 6.45) is -5.34. The first-order chi connectivity index (χ1) is 6.45. The van der Waals surface area contributed by atoms with Crippen LogP contribution in [0.2, 0.25) is 0 Å². The zero-order valence-electron chi connectivity index (χ0n) is 9.45. The van der Waals surface area contributed by atoms with Crippen LogP contribution in [0.3, 0.4) is 0 Å². The smallest absolute Gasteiger partial charge is 0.369 e. The lowest BCUT2D eigenvalue weighted by molar-refractivity contribution is -0.303. The third kappa shape index (κ3) is 3.94. The molecule has 0 atom stereocenters. The summed E-state index contributed by atoms with van der Waals surface area (Å²) in [5.74, 6) is -2.26. The fourth-order valence-corrected chi connectivity index (χ4v) is 0.156. The lowest BCUT2D eigenvalue weighted by Gasteiger charge is -2.05. The molecule has 5 heteroatoms. The van der Waals surface area contributed by atoms with E-state index < -0.39 is 31.3 Å². The summed E-state index contributed by atoms with van der Waals surface area (Å²) in [4.78, 5) is 10.6. The largest absolute Gasteiger partial charge is 0.575 e. The maximum atomic E-state index is 11.5. The SMILES string of the molecule is [2H]C([2H])=C(C(=O)OC(F)(F)F)C([2H])([2H])[2H]. The van der Waals surface area contributed by atoms with Crippen molar-refractivity contribution in [3.8, 4) is 0 Å². The van der Waals surface area contributed by atoms with E-state index in [2.05, 4.69) is 4.74 Å². The fraction of sp³-hybridized carbons (Fsp3) is 0.400. The number of esters is 1. The number of rotatable bonds is 1. The summed E-state index contributed by atoms with van der Waals surface area (Å²) in [6, 6.07) is 0. The van der Waals surface area contributed by atoms with E-state index in [1.807, 2.05) is 0 Å². The van der Waals surface area contributed by atoms with Gasteiger partial charge in [0.1, 0.15) is 0 Å². The van der Waals surface area contributed by atoms with Gasteiger partial charge in [0.05, 0.1) is 2.74 Å². The van der Waals surface area contributed by atoms with E-state index >= 15 is 0 Å². The summed E-state index contributed by atoms with van der Waals surface area (Å²) in [5.41, 5.74) is -1.61. The normalized spacial score (nSPS) is 18.9. The van der Waals surface area contributed by atoms with Gasteiger partial charge in [-0.25, -0.2) is 4.79 Å². The van der Waals surface area contributed by atoms with Crippen molar-refractivity contribution in [3.63, 3.8) is 0 Å². The quantitative estimate of drug-likeness (QED) is 0.429. The van der Waals surface area contributed by atoms with Crippen molar-refractivity contribution < 1.29 is 29.6 Å². The van der Waals surface area contributed by atoms with E-state index in [9.17, 15) is 18.0 Å². The average molecular weight is 159 g/mol. The maximum absolute atomic E-state index is 11.5. The molecular weight excluding hydrogens is 149 g/mol. The van der Waals surface area contributed by atoms with Crippen LogP contribution in [0.4, 0.5) is 13.2 Å². The van der Waals surface area contributed by atoms with Crippen LogP contribution < -0.4 is 0 Å². The number of ether oxygens (including phenoxy) is 1. The van der Waals surface area contributed by atoms with Crippen molar-refractivity contribution in [1.29, 1.82) is 0 Å². The molecule has 0 saturated heterocycles. The van der Waals surface area contributed by atoms with Gasteiger partial charge in [0.25, 0.3) is 0 Å². The Morgan fingerprint density at radius 1 is 1.80 bits per heavy atom. The second kappa shape index (κ2) is 2.72. The molecule has 0 amide bonds. The molecule has 0 heterocycles. The van der Waals surface area contributed by atoms with E-state index in [1.165, 1.54) is 0 Å². The lowest BCUT2D eigenvalue weighted by atomic mass is 10.4. The standard InChI is InChI=1S/C5H5F3O2/c1-3(2)4(9)10-5(6,7)8/h1H2,2H3/i1D2,2D3. The summed E-state index contributed by atoms with van der Waals surface area (Å²) >= 11 is 0. The monoisotopic (exact) mass is 159 g/mol. The molecule has 0 aromatic rings. The van der Waals surface area contributed by atoms with Gasteiger partial charge < -0.3 is 4.74 Å². The minimum Gasteiger partial charge on any atom is -0.369 e. The predicted octanol–water partition coefficient (Wildman–Crippen LogP) is 1.63. The van der Waals surface area contributed by atoms with Crippen LogP contribution >= 0.6 is 0 Å². The highest BCUT2D eigenvalue weighted by Gasteiger charge is 2.33. The first kappa shape index (κ1) is 3.41. The van der Waals surface area contributed by atoms with Crippen molar-refractivity contribution in [3.05, 3.63) is 12.1 Å². The molecule has 0 fully saturated rings. The van der Waals surface area contributed by atoms with Crippen LogP contribution in [0.15, 0.2) is 12.1 Å². The Balaban J connectivity index is 5.02. The molecule has 0 radical (unpaired) electrons. The zero-order valence-corrected chi connectivity index (χ0v) is 4.45. The van der Waals surface area contributed by atoms with Crippen molar-refractivity contribution in [2.75, 3.05) is 0 Å². The molecule has 10 heavy (non-hydrogen) atoms. The molecule has 0 aliphatic rings. The third-order valence-electron chi connectivity index (χ3n) is 0.413. The Bertz CT molecular complexity index is 288. The van der Waals surface area contributed by atoms with Gasteiger partial charge in [0.15, 0.2) is 0 Å². The molecule has 0 aromatic heterocycles. The zero-order chi connectivity index (χ0) is 12.4.